The fourth-order valence-corrected chi connectivity index (χ4v) is 3.14. The van der Waals surface area contributed by atoms with Crippen LogP contribution in [0.3, 0.4) is 0 Å². The van der Waals surface area contributed by atoms with Crippen molar-refractivity contribution in [3.05, 3.63) is 40.8 Å². The highest BCUT2D eigenvalue weighted by molar-refractivity contribution is 5.74. The molecular weight excluding hydrogens is 324 g/mol. The number of allylic oxidation sites excluding steroid dienone is 2. The van der Waals surface area contributed by atoms with Gasteiger partial charge in [-0.15, -0.1) is 0 Å². The smallest absolute Gasteiger partial charge is 0.303 e. The number of methoxy groups -OCH3 is 3. The first-order valence-electron chi connectivity index (χ1n) is 7.90. The molecule has 3 rings (SSSR count). The van der Waals surface area contributed by atoms with Gasteiger partial charge in [-0.05, 0) is 12.1 Å². The van der Waals surface area contributed by atoms with E-state index in [0.717, 1.165) is 16.0 Å². The van der Waals surface area contributed by atoms with E-state index in [1.807, 2.05) is 30.4 Å². The van der Waals surface area contributed by atoms with Crippen LogP contribution in [0, 0.1) is 0 Å². The normalized spacial score (nSPS) is 17.5. The predicted molar refractivity (Wildman–Crippen MR) is 92.2 cm³/mol. The lowest BCUT2D eigenvalue weighted by Crippen LogP contribution is -2.40. The fourth-order valence-electron chi connectivity index (χ4n) is 3.14. The van der Waals surface area contributed by atoms with Crippen LogP contribution in [-0.2, 0) is 9.53 Å². The second-order valence-corrected chi connectivity index (χ2v) is 5.62. The molecule has 1 aliphatic carbocycles. The Bertz CT molecular complexity index is 878. The maximum atomic E-state index is 11.0. The summed E-state index contributed by atoms with van der Waals surface area (Å²) >= 11 is 0. The number of benzene rings is 1. The first-order chi connectivity index (χ1) is 12.1. The third kappa shape index (κ3) is 2.95. The summed E-state index contributed by atoms with van der Waals surface area (Å²) in [6.07, 6.45) is 7.70. The SMILES string of the molecule is COc1cc2c(c(OC)c1OC)=C1C=CC=CC1OC=2CCC(=O)O. The van der Waals surface area contributed by atoms with Crippen LogP contribution >= 0.6 is 0 Å². The van der Waals surface area contributed by atoms with Crippen LogP contribution in [-0.4, -0.2) is 38.5 Å². The Kier molecular flexibility index (Phi) is 4.70. The number of hydrogen-bond acceptors (Lipinski definition) is 5. The topological polar surface area (TPSA) is 74.2 Å². The molecule has 0 saturated heterocycles. The molecule has 25 heavy (non-hydrogen) atoms. The van der Waals surface area contributed by atoms with Gasteiger partial charge in [0.05, 0.1) is 27.8 Å². The maximum absolute atomic E-state index is 11.0. The molecule has 132 valence electrons. The molecule has 0 fully saturated rings. The second-order valence-electron chi connectivity index (χ2n) is 5.62. The number of rotatable bonds is 6. The third-order valence-corrected chi connectivity index (χ3v) is 4.23. The van der Waals surface area contributed by atoms with E-state index in [1.54, 1.807) is 21.3 Å². The molecule has 0 saturated carbocycles. The summed E-state index contributed by atoms with van der Waals surface area (Å²) in [4.78, 5) is 11.0. The summed E-state index contributed by atoms with van der Waals surface area (Å²) in [5.41, 5.74) is 0.939. The molecule has 0 amide bonds. The molecule has 1 aliphatic heterocycles. The van der Waals surface area contributed by atoms with Crippen LogP contribution in [0.25, 0.3) is 11.3 Å². The Hall–Kier alpha value is -2.89. The van der Waals surface area contributed by atoms with Gasteiger partial charge in [0, 0.05) is 22.4 Å². The molecule has 1 atom stereocenters. The molecule has 1 aromatic rings. The zero-order valence-corrected chi connectivity index (χ0v) is 14.4. The number of hydrogen-bond donors (Lipinski definition) is 1. The van der Waals surface area contributed by atoms with Crippen LogP contribution in [0.1, 0.15) is 12.8 Å². The Balaban J connectivity index is 2.39. The Morgan fingerprint density at radius 3 is 2.56 bits per heavy atom. The van der Waals surface area contributed by atoms with Gasteiger partial charge in [0.1, 0.15) is 11.9 Å². The molecule has 1 heterocycles. The van der Waals surface area contributed by atoms with Crippen molar-refractivity contribution < 1.29 is 28.8 Å². The summed E-state index contributed by atoms with van der Waals surface area (Å²) in [5, 5.41) is 10.7. The average Bonchev–Trinajstić information content (AvgIpc) is 2.63. The number of aliphatic carboxylic acids is 1. The first-order valence-corrected chi connectivity index (χ1v) is 7.90. The van der Waals surface area contributed by atoms with Gasteiger partial charge < -0.3 is 24.1 Å². The van der Waals surface area contributed by atoms with Crippen LogP contribution in [0.4, 0.5) is 0 Å². The number of carboxylic acids is 1. The summed E-state index contributed by atoms with van der Waals surface area (Å²) < 4.78 is 22.6. The van der Waals surface area contributed by atoms with E-state index in [9.17, 15) is 4.79 Å². The van der Waals surface area contributed by atoms with Gasteiger partial charge in [-0.3, -0.25) is 4.79 Å². The van der Waals surface area contributed by atoms with E-state index in [0.29, 0.717) is 23.0 Å². The van der Waals surface area contributed by atoms with Crippen LogP contribution < -0.4 is 24.6 Å². The van der Waals surface area contributed by atoms with Crippen LogP contribution in [0.2, 0.25) is 0 Å². The van der Waals surface area contributed by atoms with Gasteiger partial charge in [-0.2, -0.15) is 0 Å². The number of ether oxygens (including phenoxy) is 4. The van der Waals surface area contributed by atoms with Gasteiger partial charge in [0.2, 0.25) is 5.75 Å². The quantitative estimate of drug-likeness (QED) is 0.840. The second kappa shape index (κ2) is 6.93. The van der Waals surface area contributed by atoms with E-state index < -0.39 is 5.97 Å². The lowest BCUT2D eigenvalue weighted by molar-refractivity contribution is -0.137. The Labute approximate surface area is 145 Å². The summed E-state index contributed by atoms with van der Waals surface area (Å²) in [6, 6.07) is 1.81. The average molecular weight is 344 g/mol. The first kappa shape index (κ1) is 17.0. The van der Waals surface area contributed by atoms with Gasteiger partial charge in [-0.1, -0.05) is 18.2 Å². The van der Waals surface area contributed by atoms with Crippen molar-refractivity contribution in [2.45, 2.75) is 18.9 Å². The van der Waals surface area contributed by atoms with Crippen molar-refractivity contribution >= 4 is 17.3 Å². The largest absolute Gasteiger partial charge is 0.493 e. The summed E-state index contributed by atoms with van der Waals surface area (Å²) in [5.74, 6) is 1.28. The van der Waals surface area contributed by atoms with E-state index in [4.69, 9.17) is 24.1 Å². The van der Waals surface area contributed by atoms with Crippen molar-refractivity contribution in [2.24, 2.45) is 0 Å². The molecule has 0 spiro atoms. The molecule has 1 N–H and O–H groups in total. The molecule has 1 aromatic carbocycles. The molecule has 0 bridgehead atoms. The van der Waals surface area contributed by atoms with Crippen molar-refractivity contribution in [3.63, 3.8) is 0 Å². The monoisotopic (exact) mass is 344 g/mol. The Morgan fingerprint density at radius 2 is 1.92 bits per heavy atom. The highest BCUT2D eigenvalue weighted by atomic mass is 16.5. The minimum absolute atomic E-state index is 0.0208. The fraction of sp³-hybridized carbons (Fsp3) is 0.316. The zero-order valence-electron chi connectivity index (χ0n) is 14.4. The van der Waals surface area contributed by atoms with Gasteiger partial charge in [0.15, 0.2) is 11.5 Å². The van der Waals surface area contributed by atoms with Crippen molar-refractivity contribution in [1.29, 1.82) is 0 Å². The number of carboxylic acid groups (broad SMARTS) is 1. The van der Waals surface area contributed by atoms with Crippen molar-refractivity contribution in [2.75, 3.05) is 21.3 Å². The summed E-state index contributed by atoms with van der Waals surface area (Å²) in [6.45, 7) is 0. The third-order valence-electron chi connectivity index (χ3n) is 4.23. The lowest BCUT2D eigenvalue weighted by atomic mass is 9.96. The Morgan fingerprint density at radius 1 is 1.16 bits per heavy atom. The molecule has 0 radical (unpaired) electrons. The molecule has 6 heteroatoms. The standard InChI is InChI=1S/C19H20O6/c1-22-15-10-12-14(8-9-16(20)21)25-13-7-5-4-6-11(13)17(12)19(24-3)18(15)23-2/h4-7,10,13H,8-9H2,1-3H3,(H,20,21). The highest BCUT2D eigenvalue weighted by Gasteiger charge is 2.26. The zero-order chi connectivity index (χ0) is 18.0. The number of carbonyl (C=O) groups is 1. The number of fused-ring (bicyclic) bond motifs is 2. The summed E-state index contributed by atoms with van der Waals surface area (Å²) in [7, 11) is 4.67. The molecule has 0 aromatic heterocycles. The van der Waals surface area contributed by atoms with E-state index in [1.165, 1.54) is 0 Å². The van der Waals surface area contributed by atoms with Crippen LogP contribution in [0.15, 0.2) is 30.4 Å². The highest BCUT2D eigenvalue weighted by Crippen LogP contribution is 2.35. The van der Waals surface area contributed by atoms with Gasteiger partial charge in [-0.25, -0.2) is 0 Å². The predicted octanol–water partition coefficient (Wildman–Crippen LogP) is 1.36. The van der Waals surface area contributed by atoms with Crippen LogP contribution in [0.5, 0.6) is 17.2 Å². The minimum atomic E-state index is -0.876. The molecular formula is C19H20O6. The van der Waals surface area contributed by atoms with Gasteiger partial charge >= 0.3 is 5.97 Å². The van der Waals surface area contributed by atoms with E-state index in [-0.39, 0.29) is 18.9 Å². The van der Waals surface area contributed by atoms with E-state index >= 15 is 0 Å². The maximum Gasteiger partial charge on any atom is 0.303 e. The molecule has 2 aliphatic rings. The minimum Gasteiger partial charge on any atom is -0.493 e. The van der Waals surface area contributed by atoms with Crippen molar-refractivity contribution in [1.82, 2.24) is 0 Å². The van der Waals surface area contributed by atoms with Crippen molar-refractivity contribution in [3.8, 4) is 17.2 Å². The molecule has 6 nitrogen and oxygen atoms in total. The van der Waals surface area contributed by atoms with Gasteiger partial charge in [0.25, 0.3) is 0 Å². The lowest BCUT2D eigenvalue weighted by Gasteiger charge is -2.27. The van der Waals surface area contributed by atoms with E-state index in [2.05, 4.69) is 0 Å². The molecule has 1 unspecified atom stereocenters.